The van der Waals surface area contributed by atoms with E-state index in [1.54, 1.807) is 25.3 Å². The quantitative estimate of drug-likeness (QED) is 0.532. The van der Waals surface area contributed by atoms with Gasteiger partial charge in [0.2, 0.25) is 0 Å². The topological polar surface area (TPSA) is 56.8 Å². The Labute approximate surface area is 132 Å². The van der Waals surface area contributed by atoms with Crippen LogP contribution in [0.25, 0.3) is 0 Å². The molecule has 0 bridgehead atoms. The van der Waals surface area contributed by atoms with Crippen molar-refractivity contribution in [2.45, 2.75) is 39.7 Å². The number of esters is 1. The fourth-order valence-corrected chi connectivity index (χ4v) is 1.87. The van der Waals surface area contributed by atoms with Crippen molar-refractivity contribution in [3.05, 3.63) is 23.8 Å². The van der Waals surface area contributed by atoms with Gasteiger partial charge in [0, 0.05) is 12.6 Å². The Kier molecular flexibility index (Phi) is 8.36. The minimum atomic E-state index is -0.393. The van der Waals surface area contributed by atoms with E-state index in [1.807, 2.05) is 13.8 Å². The normalized spacial score (nSPS) is 10.6. The Morgan fingerprint density at radius 2 is 2.05 bits per heavy atom. The van der Waals surface area contributed by atoms with Gasteiger partial charge in [-0.25, -0.2) is 4.79 Å². The molecule has 124 valence electrons. The molecule has 0 fully saturated rings. The van der Waals surface area contributed by atoms with Gasteiger partial charge in [0.05, 0.1) is 13.7 Å². The van der Waals surface area contributed by atoms with E-state index in [0.717, 1.165) is 12.8 Å². The maximum Gasteiger partial charge on any atom is 0.342 e. The highest BCUT2D eigenvalue weighted by atomic mass is 16.5. The molecule has 0 unspecified atom stereocenters. The van der Waals surface area contributed by atoms with Gasteiger partial charge in [-0.2, -0.15) is 0 Å². The van der Waals surface area contributed by atoms with E-state index < -0.39 is 5.97 Å². The van der Waals surface area contributed by atoms with Crippen LogP contribution < -0.4 is 14.8 Å². The Morgan fingerprint density at radius 3 is 2.68 bits per heavy atom. The number of carbonyl (C=O) groups excluding carboxylic acids is 1. The van der Waals surface area contributed by atoms with Crippen LogP contribution in [0.15, 0.2) is 18.2 Å². The summed E-state index contributed by atoms with van der Waals surface area (Å²) in [6.07, 6.45) is 1.95. The lowest BCUT2D eigenvalue weighted by molar-refractivity contribution is 0.0501. The van der Waals surface area contributed by atoms with Gasteiger partial charge in [-0.3, -0.25) is 0 Å². The summed E-state index contributed by atoms with van der Waals surface area (Å²) in [5.74, 6) is 0.613. The molecule has 5 heteroatoms. The van der Waals surface area contributed by atoms with Gasteiger partial charge in [0.1, 0.15) is 12.2 Å². The predicted molar refractivity (Wildman–Crippen MR) is 86.8 cm³/mol. The van der Waals surface area contributed by atoms with Gasteiger partial charge in [-0.1, -0.05) is 33.3 Å². The van der Waals surface area contributed by atoms with Gasteiger partial charge in [0.25, 0.3) is 0 Å². The predicted octanol–water partition coefficient (Wildman–Crippen LogP) is 3.03. The van der Waals surface area contributed by atoms with Crippen LogP contribution in [0, 0.1) is 0 Å². The van der Waals surface area contributed by atoms with Crippen LogP contribution in [0.2, 0.25) is 0 Å². The zero-order chi connectivity index (χ0) is 16.4. The van der Waals surface area contributed by atoms with E-state index >= 15 is 0 Å². The summed E-state index contributed by atoms with van der Waals surface area (Å²) >= 11 is 0. The number of carbonyl (C=O) groups is 1. The first-order valence-corrected chi connectivity index (χ1v) is 7.80. The number of benzene rings is 1. The Balaban J connectivity index is 2.72. The summed E-state index contributed by atoms with van der Waals surface area (Å²) in [5.41, 5.74) is 0.403. The van der Waals surface area contributed by atoms with Gasteiger partial charge in [0.15, 0.2) is 11.5 Å². The summed E-state index contributed by atoms with van der Waals surface area (Å²) in [5, 5.41) is 3.20. The molecular weight excluding hydrogens is 282 g/mol. The first kappa shape index (κ1) is 18.3. The molecule has 1 aromatic carbocycles. The lowest BCUT2D eigenvalue weighted by Crippen LogP contribution is -2.27. The molecule has 1 rings (SSSR count). The Bertz CT molecular complexity index is 460. The van der Waals surface area contributed by atoms with Crippen LogP contribution in [0.1, 0.15) is 44.0 Å². The summed E-state index contributed by atoms with van der Waals surface area (Å²) in [4.78, 5) is 12.2. The third kappa shape index (κ3) is 5.93. The minimum absolute atomic E-state index is 0.322. The van der Waals surface area contributed by atoms with E-state index in [9.17, 15) is 4.79 Å². The molecule has 0 heterocycles. The Morgan fingerprint density at radius 1 is 1.27 bits per heavy atom. The second kappa shape index (κ2) is 10.1. The zero-order valence-corrected chi connectivity index (χ0v) is 14.0. The van der Waals surface area contributed by atoms with Crippen LogP contribution in [-0.2, 0) is 4.74 Å². The fraction of sp³-hybridized carbons (Fsp3) is 0.588. The second-order valence-electron chi connectivity index (χ2n) is 5.28. The number of nitrogens with one attached hydrogen (secondary N) is 1. The standard InChI is InChI=1S/C17H27NO4/c1-5-6-11-21-16-14(8-7-9-15(16)20-4)17(19)22-12-10-18-13(2)3/h7-9,13,18H,5-6,10-12H2,1-4H3. The lowest BCUT2D eigenvalue weighted by atomic mass is 10.2. The summed E-state index contributed by atoms with van der Waals surface area (Å²) in [6, 6.07) is 5.60. The fourth-order valence-electron chi connectivity index (χ4n) is 1.87. The molecule has 22 heavy (non-hydrogen) atoms. The van der Waals surface area contributed by atoms with Crippen molar-refractivity contribution in [2.75, 3.05) is 26.9 Å². The minimum Gasteiger partial charge on any atom is -0.493 e. The average Bonchev–Trinajstić information content (AvgIpc) is 2.51. The highest BCUT2D eigenvalue weighted by Gasteiger charge is 2.18. The largest absolute Gasteiger partial charge is 0.493 e. The number of methoxy groups -OCH3 is 1. The lowest BCUT2D eigenvalue weighted by Gasteiger charge is -2.15. The molecular formula is C17H27NO4. The van der Waals surface area contributed by atoms with Crippen molar-refractivity contribution in [3.63, 3.8) is 0 Å². The van der Waals surface area contributed by atoms with E-state index in [4.69, 9.17) is 14.2 Å². The highest BCUT2D eigenvalue weighted by Crippen LogP contribution is 2.31. The molecule has 0 aliphatic rings. The Hall–Kier alpha value is -1.75. The summed E-state index contributed by atoms with van der Waals surface area (Å²) in [6.45, 7) is 7.67. The second-order valence-corrected chi connectivity index (χ2v) is 5.28. The summed E-state index contributed by atoms with van der Waals surface area (Å²) in [7, 11) is 1.56. The number of hydrogen-bond acceptors (Lipinski definition) is 5. The van der Waals surface area contributed by atoms with Crippen molar-refractivity contribution >= 4 is 5.97 Å². The van der Waals surface area contributed by atoms with Gasteiger partial charge in [-0.15, -0.1) is 0 Å². The van der Waals surface area contributed by atoms with Gasteiger partial charge in [-0.05, 0) is 18.6 Å². The monoisotopic (exact) mass is 309 g/mol. The molecule has 0 amide bonds. The number of rotatable bonds is 10. The third-order valence-electron chi connectivity index (χ3n) is 3.05. The third-order valence-corrected chi connectivity index (χ3v) is 3.05. The van der Waals surface area contributed by atoms with Crippen molar-refractivity contribution in [1.29, 1.82) is 0 Å². The van der Waals surface area contributed by atoms with E-state index in [2.05, 4.69) is 12.2 Å². The van der Waals surface area contributed by atoms with Gasteiger partial charge < -0.3 is 19.5 Å². The maximum absolute atomic E-state index is 12.2. The van der Waals surface area contributed by atoms with E-state index in [1.165, 1.54) is 0 Å². The van der Waals surface area contributed by atoms with Gasteiger partial charge >= 0.3 is 5.97 Å². The number of hydrogen-bond donors (Lipinski definition) is 1. The summed E-state index contributed by atoms with van der Waals surface area (Å²) < 4.78 is 16.3. The molecule has 0 radical (unpaired) electrons. The molecule has 0 atom stereocenters. The maximum atomic E-state index is 12.2. The molecule has 0 aliphatic heterocycles. The van der Waals surface area contributed by atoms with Crippen molar-refractivity contribution < 1.29 is 19.0 Å². The number of para-hydroxylation sites is 1. The molecule has 0 saturated heterocycles. The van der Waals surface area contributed by atoms with Crippen LogP contribution >= 0.6 is 0 Å². The molecule has 0 aliphatic carbocycles. The zero-order valence-electron chi connectivity index (χ0n) is 14.0. The molecule has 0 saturated carbocycles. The highest BCUT2D eigenvalue weighted by molar-refractivity contribution is 5.93. The van der Waals surface area contributed by atoms with E-state index in [-0.39, 0.29) is 0 Å². The smallest absolute Gasteiger partial charge is 0.342 e. The van der Waals surface area contributed by atoms with Crippen LogP contribution in [0.3, 0.4) is 0 Å². The SMILES string of the molecule is CCCCOc1c(OC)cccc1C(=O)OCCNC(C)C. The van der Waals surface area contributed by atoms with Crippen molar-refractivity contribution in [3.8, 4) is 11.5 Å². The first-order chi connectivity index (χ1) is 10.6. The average molecular weight is 309 g/mol. The molecule has 5 nitrogen and oxygen atoms in total. The van der Waals surface area contributed by atoms with Crippen LogP contribution in [0.5, 0.6) is 11.5 Å². The van der Waals surface area contributed by atoms with Crippen molar-refractivity contribution in [1.82, 2.24) is 5.32 Å². The van der Waals surface area contributed by atoms with Crippen molar-refractivity contribution in [2.24, 2.45) is 0 Å². The molecule has 1 aromatic rings. The molecule has 1 N–H and O–H groups in total. The molecule has 0 spiro atoms. The van der Waals surface area contributed by atoms with Crippen LogP contribution in [-0.4, -0.2) is 38.9 Å². The molecule has 0 aromatic heterocycles. The van der Waals surface area contributed by atoms with Crippen LogP contribution in [0.4, 0.5) is 0 Å². The first-order valence-electron chi connectivity index (χ1n) is 7.80. The van der Waals surface area contributed by atoms with E-state index in [0.29, 0.717) is 42.9 Å². The number of ether oxygens (including phenoxy) is 3. The number of unbranched alkanes of at least 4 members (excludes halogenated alkanes) is 1.